The quantitative estimate of drug-likeness (QED) is 0.249. The van der Waals surface area contributed by atoms with Crippen molar-refractivity contribution in [3.63, 3.8) is 0 Å². The molecule has 0 spiro atoms. The lowest BCUT2D eigenvalue weighted by atomic mass is 9.44. The predicted molar refractivity (Wildman–Crippen MR) is 165 cm³/mol. The Bertz CT molecular complexity index is 945. The van der Waals surface area contributed by atoms with E-state index in [-0.39, 0.29) is 18.6 Å². The fourth-order valence-corrected chi connectivity index (χ4v) is 11.0. The molecule has 0 radical (unpaired) electrons. The molecule has 5 fully saturated rings. The van der Waals surface area contributed by atoms with E-state index in [9.17, 15) is 25.2 Å². The molecule has 1 heterocycles. The van der Waals surface area contributed by atoms with Gasteiger partial charge in [-0.15, -0.1) is 0 Å². The van der Waals surface area contributed by atoms with Crippen molar-refractivity contribution in [3.05, 3.63) is 0 Å². The number of rotatable bonds is 10. The van der Waals surface area contributed by atoms with Crippen LogP contribution >= 0.6 is 0 Å². The highest BCUT2D eigenvalue weighted by Gasteiger charge is 2.60. The summed E-state index contributed by atoms with van der Waals surface area (Å²) >= 11 is 0. The first kappa shape index (κ1) is 33.6. The van der Waals surface area contributed by atoms with E-state index in [1.54, 1.807) is 0 Å². The zero-order valence-electron chi connectivity index (χ0n) is 27.4. The number of aliphatic hydroxyl groups is 4. The molecular weight excluding hydrogens is 546 g/mol. The minimum atomic E-state index is -1.52. The number of carbonyl (C=O) groups is 1. The van der Waals surface area contributed by atoms with E-state index in [1.165, 1.54) is 57.8 Å². The van der Waals surface area contributed by atoms with Crippen LogP contribution in [-0.4, -0.2) is 76.3 Å². The number of aliphatic hydroxyl groups excluding tert-OH is 4. The van der Waals surface area contributed by atoms with E-state index in [0.717, 1.165) is 54.8 Å². The van der Waals surface area contributed by atoms with Gasteiger partial charge >= 0.3 is 0 Å². The number of nitrogens with one attached hydrogen (secondary N) is 1. The average molecular weight is 608 g/mol. The summed E-state index contributed by atoms with van der Waals surface area (Å²) in [5, 5.41) is 42.7. The zero-order chi connectivity index (χ0) is 31.1. The fourth-order valence-electron chi connectivity index (χ4n) is 11.0. The molecule has 43 heavy (non-hydrogen) atoms. The molecule has 5 aliphatic rings. The van der Waals surface area contributed by atoms with Crippen LogP contribution in [0, 0.1) is 52.3 Å². The van der Waals surface area contributed by atoms with Crippen LogP contribution in [0.5, 0.6) is 0 Å². The third kappa shape index (κ3) is 6.58. The molecule has 1 saturated heterocycles. The third-order valence-electron chi connectivity index (χ3n) is 13.5. The molecule has 0 aromatic rings. The smallest absolute Gasteiger partial charge is 0.246 e. The van der Waals surface area contributed by atoms with Gasteiger partial charge in [0.2, 0.25) is 5.91 Å². The summed E-state index contributed by atoms with van der Waals surface area (Å²) in [5.74, 6) is 5.39. The van der Waals surface area contributed by atoms with Crippen molar-refractivity contribution >= 4 is 5.91 Å². The Balaban J connectivity index is 1.13. The third-order valence-corrected chi connectivity index (χ3v) is 13.5. The van der Waals surface area contributed by atoms with E-state index >= 15 is 0 Å². The Hall–Kier alpha value is -0.770. The molecule has 248 valence electrons. The maximum absolute atomic E-state index is 12.8. The number of ether oxygens (including phenoxy) is 2. The molecule has 1 amide bonds. The minimum absolute atomic E-state index is 0.108. The van der Waals surface area contributed by atoms with Crippen molar-refractivity contribution in [2.24, 2.45) is 52.3 Å². The van der Waals surface area contributed by atoms with E-state index in [0.29, 0.717) is 16.7 Å². The molecule has 0 aromatic heterocycles. The molecule has 8 nitrogen and oxygen atoms in total. The van der Waals surface area contributed by atoms with Gasteiger partial charge < -0.3 is 35.2 Å². The van der Waals surface area contributed by atoms with Crippen molar-refractivity contribution in [2.75, 3.05) is 13.2 Å². The molecule has 5 N–H and O–H groups in total. The Morgan fingerprint density at radius 1 is 0.907 bits per heavy atom. The first-order chi connectivity index (χ1) is 20.4. The number of amides is 1. The number of fused-ring (bicyclic) bond motifs is 5. The maximum atomic E-state index is 12.8. The van der Waals surface area contributed by atoms with Crippen LogP contribution in [0.25, 0.3) is 0 Å². The molecule has 5 rings (SSSR count). The second kappa shape index (κ2) is 13.5. The van der Waals surface area contributed by atoms with Crippen LogP contribution < -0.4 is 5.32 Å². The number of hydrogen-bond donors (Lipinski definition) is 5. The summed E-state index contributed by atoms with van der Waals surface area (Å²) in [5.41, 5.74) is 0.854. The van der Waals surface area contributed by atoms with E-state index in [1.807, 2.05) is 0 Å². The van der Waals surface area contributed by atoms with Crippen LogP contribution in [0.1, 0.15) is 112 Å². The van der Waals surface area contributed by atoms with E-state index < -0.39 is 37.3 Å². The minimum Gasteiger partial charge on any atom is -0.394 e. The van der Waals surface area contributed by atoms with Crippen molar-refractivity contribution in [1.82, 2.24) is 5.32 Å². The molecule has 8 heteroatoms. The van der Waals surface area contributed by atoms with Crippen molar-refractivity contribution in [3.8, 4) is 0 Å². The van der Waals surface area contributed by atoms with Gasteiger partial charge in [-0.25, -0.2) is 0 Å². The monoisotopic (exact) mass is 607 g/mol. The van der Waals surface area contributed by atoms with Gasteiger partial charge in [0.25, 0.3) is 0 Å². The second-order valence-corrected chi connectivity index (χ2v) is 16.2. The lowest BCUT2D eigenvalue weighted by Gasteiger charge is -2.61. The van der Waals surface area contributed by atoms with Crippen LogP contribution in [0.3, 0.4) is 0 Å². The highest BCUT2D eigenvalue weighted by Crippen LogP contribution is 2.68. The fraction of sp³-hybridized carbons (Fsp3) is 0.971. The number of carbonyl (C=O) groups excluding carboxylic acids is 1. The van der Waals surface area contributed by atoms with Crippen molar-refractivity contribution in [2.45, 2.75) is 148 Å². The van der Waals surface area contributed by atoms with Gasteiger partial charge in [0.1, 0.15) is 31.0 Å². The first-order valence-corrected chi connectivity index (χ1v) is 17.6. The van der Waals surface area contributed by atoms with Gasteiger partial charge in [-0.2, -0.15) is 0 Å². The lowest BCUT2D eigenvalue weighted by Crippen LogP contribution is -2.59. The summed E-state index contributed by atoms with van der Waals surface area (Å²) in [4.78, 5) is 12.8. The van der Waals surface area contributed by atoms with Gasteiger partial charge in [0.15, 0.2) is 6.29 Å². The summed E-state index contributed by atoms with van der Waals surface area (Å²) in [7, 11) is 0. The molecule has 0 bridgehead atoms. The zero-order valence-corrected chi connectivity index (χ0v) is 27.4. The molecule has 1 aliphatic heterocycles. The topological polar surface area (TPSA) is 128 Å². The van der Waals surface area contributed by atoms with Crippen LogP contribution in [0.2, 0.25) is 0 Å². The second-order valence-electron chi connectivity index (χ2n) is 16.2. The largest absolute Gasteiger partial charge is 0.394 e. The molecule has 1 unspecified atom stereocenters. The van der Waals surface area contributed by atoms with Gasteiger partial charge in [0, 0.05) is 6.04 Å². The standard InChI is InChI=1S/C35H61NO7/c1-20(2)7-6-8-21(3)25-11-12-26-24-10-9-22-17-23(13-15-34(22,4)27(24)14-16-35(25,26)5)36-29(38)19-42-33-32(41)31(40)30(39)28(18-37)43-33/h20-28,30-33,37,39-41H,6-19H2,1-5H3,(H,36,38)/t21-,22?,23-,24+,25-,26+,27+,28-,30-,31+,32-,33+,34+,35-/m1/s1. The summed E-state index contributed by atoms with van der Waals surface area (Å²) < 4.78 is 10.9. The van der Waals surface area contributed by atoms with E-state index in [4.69, 9.17) is 9.47 Å². The summed E-state index contributed by atoms with van der Waals surface area (Å²) in [6, 6.07) is 0.108. The Morgan fingerprint density at radius 3 is 2.35 bits per heavy atom. The molecule has 4 aliphatic carbocycles. The van der Waals surface area contributed by atoms with Crippen LogP contribution in [0.15, 0.2) is 0 Å². The molecule has 0 aromatic carbocycles. The van der Waals surface area contributed by atoms with Crippen molar-refractivity contribution < 1.29 is 34.7 Å². The van der Waals surface area contributed by atoms with Crippen LogP contribution in [0.4, 0.5) is 0 Å². The lowest BCUT2D eigenvalue weighted by molar-refractivity contribution is -0.299. The van der Waals surface area contributed by atoms with Gasteiger partial charge in [-0.3, -0.25) is 4.79 Å². The normalized spacial score (nSPS) is 47.0. The molecule has 14 atom stereocenters. The highest BCUT2D eigenvalue weighted by atomic mass is 16.7. The highest BCUT2D eigenvalue weighted by molar-refractivity contribution is 5.77. The van der Waals surface area contributed by atoms with Crippen molar-refractivity contribution in [1.29, 1.82) is 0 Å². The van der Waals surface area contributed by atoms with Gasteiger partial charge in [-0.1, -0.05) is 53.9 Å². The number of hydrogen-bond acceptors (Lipinski definition) is 7. The summed E-state index contributed by atoms with van der Waals surface area (Å²) in [6.07, 6.45) is 8.62. The molecule has 4 saturated carbocycles. The maximum Gasteiger partial charge on any atom is 0.246 e. The predicted octanol–water partition coefficient (Wildman–Crippen LogP) is 4.41. The van der Waals surface area contributed by atoms with E-state index in [2.05, 4.69) is 39.9 Å². The summed E-state index contributed by atoms with van der Waals surface area (Å²) in [6.45, 7) is 11.6. The van der Waals surface area contributed by atoms with Gasteiger partial charge in [0.05, 0.1) is 6.61 Å². The Kier molecular flexibility index (Phi) is 10.6. The Labute approximate surface area is 259 Å². The average Bonchev–Trinajstić information content (AvgIpc) is 3.33. The SMILES string of the molecule is CC(C)CCC[C@@H](C)[C@H]1CC[C@H]2[C@@H]3CCC4C[C@H](NC(=O)CO[C@H]5O[C@H](CO)[C@@H](O)[C@H](O)[C@H]5O)CC[C@]4(C)[C@H]3CC[C@]12C. The first-order valence-electron chi connectivity index (χ1n) is 17.6. The Morgan fingerprint density at radius 2 is 1.63 bits per heavy atom. The van der Waals surface area contributed by atoms with Crippen LogP contribution in [-0.2, 0) is 14.3 Å². The molecular formula is C35H61NO7. The van der Waals surface area contributed by atoms with Gasteiger partial charge in [-0.05, 0) is 110 Å².